The van der Waals surface area contributed by atoms with Crippen LogP contribution in [0.15, 0.2) is 4.99 Å². The molecule has 0 aromatic carbocycles. The summed E-state index contributed by atoms with van der Waals surface area (Å²) < 4.78 is 35.6. The van der Waals surface area contributed by atoms with Crippen molar-refractivity contribution in [2.45, 2.75) is 51.2 Å². The lowest BCUT2D eigenvalue weighted by atomic mass is 10.2. The molecule has 100 valence electrons. The van der Waals surface area contributed by atoms with Gasteiger partial charge in [-0.05, 0) is 25.7 Å². The molecule has 1 fully saturated rings. The number of unbranched alkanes of at least 4 members (excludes halogenated alkanes) is 1. The summed E-state index contributed by atoms with van der Waals surface area (Å²) >= 11 is 1.66. The quantitative estimate of drug-likeness (QED) is 0.771. The number of nitrogens with zero attached hydrogens (tertiary/aromatic N) is 1. The molecule has 0 bridgehead atoms. The van der Waals surface area contributed by atoms with E-state index >= 15 is 0 Å². The van der Waals surface area contributed by atoms with Crippen LogP contribution in [-0.4, -0.2) is 29.7 Å². The average Bonchev–Trinajstić information content (AvgIpc) is 2.27. The molecule has 1 N–H and O–H groups in total. The SMILES string of the molecule is CCC1CCSC(=NCCCCC(F)(F)F)N1. The number of rotatable bonds is 5. The second-order valence-electron chi connectivity index (χ2n) is 4.15. The first-order chi connectivity index (χ1) is 8.01. The Morgan fingerprint density at radius 1 is 1.41 bits per heavy atom. The van der Waals surface area contributed by atoms with Crippen molar-refractivity contribution >= 4 is 16.9 Å². The van der Waals surface area contributed by atoms with Gasteiger partial charge in [-0.3, -0.25) is 4.99 Å². The Labute approximate surface area is 104 Å². The predicted octanol–water partition coefficient (Wildman–Crippen LogP) is 3.58. The zero-order valence-corrected chi connectivity index (χ0v) is 10.8. The number of halogens is 3. The fourth-order valence-electron chi connectivity index (χ4n) is 1.60. The number of alkyl halides is 3. The van der Waals surface area contributed by atoms with Crippen molar-refractivity contribution in [1.29, 1.82) is 0 Å². The number of nitrogens with one attached hydrogen (secondary N) is 1. The van der Waals surface area contributed by atoms with Gasteiger partial charge in [0.1, 0.15) is 0 Å². The van der Waals surface area contributed by atoms with Gasteiger partial charge in [0.25, 0.3) is 0 Å². The van der Waals surface area contributed by atoms with E-state index in [1.807, 2.05) is 0 Å². The zero-order chi connectivity index (χ0) is 12.7. The Bertz CT molecular complexity index is 254. The topological polar surface area (TPSA) is 24.4 Å². The van der Waals surface area contributed by atoms with Gasteiger partial charge in [0.15, 0.2) is 5.17 Å². The van der Waals surface area contributed by atoms with Crippen molar-refractivity contribution in [3.63, 3.8) is 0 Å². The van der Waals surface area contributed by atoms with E-state index in [0.29, 0.717) is 19.0 Å². The number of hydrogen-bond acceptors (Lipinski definition) is 2. The highest BCUT2D eigenvalue weighted by Gasteiger charge is 2.25. The molecule has 1 heterocycles. The van der Waals surface area contributed by atoms with E-state index in [1.54, 1.807) is 11.8 Å². The van der Waals surface area contributed by atoms with Gasteiger partial charge in [-0.25, -0.2) is 0 Å². The molecule has 0 aliphatic carbocycles. The molecule has 0 saturated carbocycles. The highest BCUT2D eigenvalue weighted by molar-refractivity contribution is 8.13. The number of aliphatic imine (C=N–C) groups is 1. The largest absolute Gasteiger partial charge is 0.389 e. The van der Waals surface area contributed by atoms with E-state index in [1.165, 1.54) is 0 Å². The summed E-state index contributed by atoms with van der Waals surface area (Å²) in [5.74, 6) is 1.05. The van der Waals surface area contributed by atoms with E-state index in [4.69, 9.17) is 0 Å². The van der Waals surface area contributed by atoms with Gasteiger partial charge in [0.05, 0.1) is 0 Å². The molecule has 6 heteroatoms. The van der Waals surface area contributed by atoms with Crippen LogP contribution in [0.1, 0.15) is 39.0 Å². The molecule has 0 aromatic heterocycles. The Balaban J connectivity index is 2.15. The van der Waals surface area contributed by atoms with Crippen LogP contribution in [-0.2, 0) is 0 Å². The van der Waals surface area contributed by atoms with E-state index in [0.717, 1.165) is 23.8 Å². The van der Waals surface area contributed by atoms with E-state index in [2.05, 4.69) is 17.2 Å². The van der Waals surface area contributed by atoms with Crippen molar-refractivity contribution < 1.29 is 13.2 Å². The van der Waals surface area contributed by atoms with Gasteiger partial charge in [-0.2, -0.15) is 13.2 Å². The van der Waals surface area contributed by atoms with Crippen LogP contribution in [0.5, 0.6) is 0 Å². The van der Waals surface area contributed by atoms with Crippen LogP contribution in [0, 0.1) is 0 Å². The van der Waals surface area contributed by atoms with Crippen molar-refractivity contribution in [3.05, 3.63) is 0 Å². The maximum Gasteiger partial charge on any atom is 0.389 e. The average molecular weight is 268 g/mol. The van der Waals surface area contributed by atoms with Crippen LogP contribution in [0.25, 0.3) is 0 Å². The molecule has 2 nitrogen and oxygen atoms in total. The van der Waals surface area contributed by atoms with Crippen LogP contribution in [0.3, 0.4) is 0 Å². The molecular formula is C11H19F3N2S. The van der Waals surface area contributed by atoms with E-state index in [9.17, 15) is 13.2 Å². The molecular weight excluding hydrogens is 249 g/mol. The lowest BCUT2D eigenvalue weighted by molar-refractivity contribution is -0.135. The van der Waals surface area contributed by atoms with E-state index < -0.39 is 12.6 Å². The Hall–Kier alpha value is -0.390. The summed E-state index contributed by atoms with van der Waals surface area (Å²) in [6.45, 7) is 2.61. The van der Waals surface area contributed by atoms with Crippen molar-refractivity contribution in [2.75, 3.05) is 12.3 Å². The summed E-state index contributed by atoms with van der Waals surface area (Å²) in [4.78, 5) is 4.30. The van der Waals surface area contributed by atoms with Gasteiger partial charge in [0.2, 0.25) is 0 Å². The van der Waals surface area contributed by atoms with Gasteiger partial charge < -0.3 is 5.32 Å². The summed E-state index contributed by atoms with van der Waals surface area (Å²) in [6.07, 6.45) is -1.86. The molecule has 1 aliphatic rings. The lowest BCUT2D eigenvalue weighted by Crippen LogP contribution is -2.37. The first-order valence-electron chi connectivity index (χ1n) is 6.02. The monoisotopic (exact) mass is 268 g/mol. The van der Waals surface area contributed by atoms with E-state index in [-0.39, 0.29) is 6.42 Å². The summed E-state index contributed by atoms with van der Waals surface area (Å²) in [7, 11) is 0. The fraction of sp³-hybridized carbons (Fsp3) is 0.909. The smallest absolute Gasteiger partial charge is 0.362 e. The minimum atomic E-state index is -4.03. The number of amidine groups is 1. The normalized spacial score (nSPS) is 23.8. The van der Waals surface area contributed by atoms with Gasteiger partial charge in [-0.15, -0.1) is 0 Å². The summed E-state index contributed by atoms with van der Waals surface area (Å²) in [5, 5.41) is 4.20. The first kappa shape index (κ1) is 14.7. The summed E-state index contributed by atoms with van der Waals surface area (Å²) in [6, 6.07) is 0.477. The fourth-order valence-corrected chi connectivity index (χ4v) is 2.63. The number of thioether (sulfide) groups is 1. The third-order valence-corrected chi connectivity index (χ3v) is 3.61. The van der Waals surface area contributed by atoms with Crippen LogP contribution in [0.2, 0.25) is 0 Å². The third-order valence-electron chi connectivity index (χ3n) is 2.65. The van der Waals surface area contributed by atoms with Crippen LogP contribution >= 0.6 is 11.8 Å². The zero-order valence-electron chi connectivity index (χ0n) is 10.0. The molecule has 1 rings (SSSR count). The molecule has 0 aromatic rings. The van der Waals surface area contributed by atoms with Gasteiger partial charge in [0, 0.05) is 24.8 Å². The Kier molecular flexibility index (Phi) is 6.16. The highest BCUT2D eigenvalue weighted by Crippen LogP contribution is 2.22. The maximum atomic E-state index is 11.9. The van der Waals surface area contributed by atoms with Crippen LogP contribution in [0.4, 0.5) is 13.2 Å². The summed E-state index contributed by atoms with van der Waals surface area (Å²) in [5.41, 5.74) is 0. The lowest BCUT2D eigenvalue weighted by Gasteiger charge is -2.24. The minimum absolute atomic E-state index is 0.169. The maximum absolute atomic E-state index is 11.9. The molecule has 0 amide bonds. The van der Waals surface area contributed by atoms with Gasteiger partial charge >= 0.3 is 6.18 Å². The highest BCUT2D eigenvalue weighted by atomic mass is 32.2. The molecule has 0 radical (unpaired) electrons. The van der Waals surface area contributed by atoms with Crippen molar-refractivity contribution in [3.8, 4) is 0 Å². The second kappa shape index (κ2) is 7.13. The molecule has 17 heavy (non-hydrogen) atoms. The Morgan fingerprint density at radius 3 is 2.82 bits per heavy atom. The molecule has 1 atom stereocenters. The minimum Gasteiger partial charge on any atom is -0.362 e. The van der Waals surface area contributed by atoms with Crippen molar-refractivity contribution in [2.24, 2.45) is 4.99 Å². The second-order valence-corrected chi connectivity index (χ2v) is 5.23. The third kappa shape index (κ3) is 6.81. The molecule has 1 unspecified atom stereocenters. The number of hydrogen-bond donors (Lipinski definition) is 1. The van der Waals surface area contributed by atoms with Crippen LogP contribution < -0.4 is 5.32 Å². The van der Waals surface area contributed by atoms with Crippen molar-refractivity contribution in [1.82, 2.24) is 5.32 Å². The molecule has 1 aliphatic heterocycles. The standard InChI is InChI=1S/C11H19F3N2S/c1-2-9-5-8-17-10(16-9)15-7-4-3-6-11(12,13)14/h9H,2-8H2,1H3,(H,15,16). The first-order valence-corrected chi connectivity index (χ1v) is 7.00. The molecule has 1 saturated heterocycles. The van der Waals surface area contributed by atoms with Gasteiger partial charge in [-0.1, -0.05) is 18.7 Å². The molecule has 0 spiro atoms. The predicted molar refractivity (Wildman–Crippen MR) is 66.5 cm³/mol. The Morgan fingerprint density at radius 2 is 2.18 bits per heavy atom.